The summed E-state index contributed by atoms with van der Waals surface area (Å²) in [5.41, 5.74) is 1.86. The first-order valence-electron chi connectivity index (χ1n) is 10.4. The zero-order valence-corrected chi connectivity index (χ0v) is 16.8. The molecule has 5 rings (SSSR count). The zero-order chi connectivity index (χ0) is 19.1. The van der Waals surface area contributed by atoms with Crippen molar-refractivity contribution < 1.29 is 4.79 Å². The molecule has 2 aliphatic heterocycles. The molecule has 1 unspecified atom stereocenters. The van der Waals surface area contributed by atoms with Crippen molar-refractivity contribution in [2.45, 2.75) is 51.5 Å². The van der Waals surface area contributed by atoms with Gasteiger partial charge in [-0.25, -0.2) is 0 Å². The van der Waals surface area contributed by atoms with Crippen LogP contribution >= 0.6 is 11.6 Å². The van der Waals surface area contributed by atoms with Gasteiger partial charge in [0.1, 0.15) is 5.82 Å². The van der Waals surface area contributed by atoms with Crippen molar-refractivity contribution in [1.82, 2.24) is 20.1 Å². The van der Waals surface area contributed by atoms with E-state index in [2.05, 4.69) is 25.4 Å². The number of halogens is 1. The van der Waals surface area contributed by atoms with Crippen molar-refractivity contribution in [3.8, 4) is 11.4 Å². The Kier molecular flexibility index (Phi) is 4.63. The third-order valence-electron chi connectivity index (χ3n) is 6.69. The van der Waals surface area contributed by atoms with Crippen LogP contribution in [0.1, 0.15) is 44.3 Å². The lowest BCUT2D eigenvalue weighted by molar-refractivity contribution is -0.118. The summed E-state index contributed by atoms with van der Waals surface area (Å²) in [4.78, 5) is 12.8. The molecule has 2 N–H and O–H groups in total. The molecule has 0 radical (unpaired) electrons. The Morgan fingerprint density at radius 1 is 1.21 bits per heavy atom. The number of aromatic nitrogens is 3. The Labute approximate surface area is 170 Å². The fraction of sp³-hybridized carbons (Fsp3) is 0.571. The largest absolute Gasteiger partial charge is 0.326 e. The average molecular weight is 400 g/mol. The molecule has 2 aromatic rings. The minimum absolute atomic E-state index is 0.134. The maximum Gasteiger partial charge on any atom is 0.228 e. The number of anilines is 1. The lowest BCUT2D eigenvalue weighted by atomic mass is 9.92. The Morgan fingerprint density at radius 2 is 2.07 bits per heavy atom. The Hall–Kier alpha value is -1.92. The first kappa shape index (κ1) is 18.1. The van der Waals surface area contributed by atoms with Crippen LogP contribution in [0.2, 0.25) is 5.02 Å². The van der Waals surface area contributed by atoms with Crippen LogP contribution in [0.15, 0.2) is 18.2 Å². The van der Waals surface area contributed by atoms with Crippen molar-refractivity contribution in [1.29, 1.82) is 0 Å². The molecule has 2 fully saturated rings. The molecule has 1 saturated carbocycles. The molecule has 1 atom stereocenters. The molecular weight excluding hydrogens is 374 g/mol. The van der Waals surface area contributed by atoms with Crippen LogP contribution in [0.3, 0.4) is 0 Å². The molecule has 7 heteroatoms. The minimum Gasteiger partial charge on any atom is -0.326 e. The van der Waals surface area contributed by atoms with Crippen LogP contribution in [-0.2, 0) is 17.8 Å². The van der Waals surface area contributed by atoms with Gasteiger partial charge < -0.3 is 15.2 Å². The lowest BCUT2D eigenvalue weighted by Gasteiger charge is -2.23. The topological polar surface area (TPSA) is 71.8 Å². The summed E-state index contributed by atoms with van der Waals surface area (Å²) in [7, 11) is 0. The number of hydrogen-bond acceptors (Lipinski definition) is 4. The van der Waals surface area contributed by atoms with E-state index in [0.29, 0.717) is 5.02 Å². The second kappa shape index (κ2) is 7.16. The Balaban J connectivity index is 1.37. The van der Waals surface area contributed by atoms with E-state index in [4.69, 9.17) is 11.6 Å². The van der Waals surface area contributed by atoms with Crippen LogP contribution in [0.4, 0.5) is 5.69 Å². The van der Waals surface area contributed by atoms with Gasteiger partial charge in [0.15, 0.2) is 5.82 Å². The molecule has 1 amide bonds. The molecule has 0 bridgehead atoms. The summed E-state index contributed by atoms with van der Waals surface area (Å²) >= 11 is 6.50. The normalized spacial score (nSPS) is 23.1. The number of aryl methyl sites for hydroxylation is 1. The second-order valence-corrected chi connectivity index (χ2v) is 8.86. The van der Waals surface area contributed by atoms with Crippen molar-refractivity contribution in [2.75, 3.05) is 18.4 Å². The summed E-state index contributed by atoms with van der Waals surface area (Å²) < 4.78 is 2.19. The lowest BCUT2D eigenvalue weighted by Crippen LogP contribution is -2.31. The van der Waals surface area contributed by atoms with E-state index in [9.17, 15) is 4.79 Å². The molecule has 148 valence electrons. The Bertz CT molecular complexity index is 902. The minimum atomic E-state index is 0.134. The number of nitrogens with one attached hydrogen (secondary N) is 2. The van der Waals surface area contributed by atoms with E-state index in [1.807, 2.05) is 18.2 Å². The number of amides is 1. The van der Waals surface area contributed by atoms with Gasteiger partial charge in [-0.3, -0.25) is 4.79 Å². The first-order chi connectivity index (χ1) is 13.7. The number of fused-ring (bicyclic) bond motifs is 1. The molecule has 1 aromatic carbocycles. The summed E-state index contributed by atoms with van der Waals surface area (Å²) in [5, 5.41) is 15.9. The SMILES string of the molecule is O=C(Nc1ccc(Cl)c(-c2nnc3n2CCCCC3)c1)C1CC12CCNCC2. The Morgan fingerprint density at radius 3 is 2.93 bits per heavy atom. The van der Waals surface area contributed by atoms with Gasteiger partial charge >= 0.3 is 0 Å². The zero-order valence-electron chi connectivity index (χ0n) is 16.0. The van der Waals surface area contributed by atoms with Gasteiger partial charge in [-0.05, 0) is 68.8 Å². The number of carbonyl (C=O) groups is 1. The maximum absolute atomic E-state index is 12.8. The number of carbonyl (C=O) groups excluding carboxylic acids is 1. The summed E-state index contributed by atoms with van der Waals surface area (Å²) in [6.07, 6.45) is 7.67. The molecule has 1 aliphatic carbocycles. The van der Waals surface area contributed by atoms with Gasteiger partial charge in [-0.15, -0.1) is 10.2 Å². The molecule has 1 spiro atoms. The van der Waals surface area contributed by atoms with E-state index in [1.54, 1.807) is 0 Å². The van der Waals surface area contributed by atoms with E-state index >= 15 is 0 Å². The van der Waals surface area contributed by atoms with E-state index in [1.165, 1.54) is 6.42 Å². The molecule has 1 aromatic heterocycles. The summed E-state index contributed by atoms with van der Waals surface area (Å²) in [6.45, 7) is 2.96. The molecule has 3 heterocycles. The summed E-state index contributed by atoms with van der Waals surface area (Å²) in [6, 6.07) is 5.67. The summed E-state index contributed by atoms with van der Waals surface area (Å²) in [5.74, 6) is 2.11. The van der Waals surface area contributed by atoms with E-state index in [0.717, 1.165) is 81.1 Å². The standard InChI is InChI=1S/C21H26ClN5O/c22-17-6-5-14(24-20(28)16-13-21(16)7-9-23-10-8-21)12-15(17)19-26-25-18-4-2-1-3-11-27(18)19/h5-6,12,16,23H,1-4,7-11,13H2,(H,24,28). The average Bonchev–Trinajstić information content (AvgIpc) is 3.33. The van der Waals surface area contributed by atoms with Gasteiger partial charge in [-0.1, -0.05) is 18.0 Å². The molecule has 6 nitrogen and oxygen atoms in total. The van der Waals surface area contributed by atoms with Crippen LogP contribution in [0.5, 0.6) is 0 Å². The highest BCUT2D eigenvalue weighted by Gasteiger charge is 2.57. The highest BCUT2D eigenvalue weighted by Crippen LogP contribution is 2.58. The highest BCUT2D eigenvalue weighted by molar-refractivity contribution is 6.33. The monoisotopic (exact) mass is 399 g/mol. The number of benzene rings is 1. The van der Waals surface area contributed by atoms with Crippen molar-refractivity contribution in [3.05, 3.63) is 29.0 Å². The highest BCUT2D eigenvalue weighted by atomic mass is 35.5. The van der Waals surface area contributed by atoms with Crippen molar-refractivity contribution in [2.24, 2.45) is 11.3 Å². The van der Waals surface area contributed by atoms with Gasteiger partial charge in [0.05, 0.1) is 5.02 Å². The van der Waals surface area contributed by atoms with E-state index in [-0.39, 0.29) is 17.2 Å². The number of hydrogen-bond donors (Lipinski definition) is 2. The number of nitrogens with zero attached hydrogens (tertiary/aromatic N) is 3. The van der Waals surface area contributed by atoms with E-state index < -0.39 is 0 Å². The third-order valence-corrected chi connectivity index (χ3v) is 7.02. The van der Waals surface area contributed by atoms with Crippen LogP contribution in [-0.4, -0.2) is 33.8 Å². The smallest absolute Gasteiger partial charge is 0.228 e. The van der Waals surface area contributed by atoms with Crippen LogP contribution in [0.25, 0.3) is 11.4 Å². The predicted molar refractivity (Wildman–Crippen MR) is 109 cm³/mol. The fourth-order valence-electron chi connectivity index (χ4n) is 4.88. The van der Waals surface area contributed by atoms with Crippen molar-refractivity contribution >= 4 is 23.2 Å². The van der Waals surface area contributed by atoms with Gasteiger partial charge in [0, 0.05) is 30.1 Å². The van der Waals surface area contributed by atoms with Crippen LogP contribution in [0, 0.1) is 11.3 Å². The van der Waals surface area contributed by atoms with Gasteiger partial charge in [0.2, 0.25) is 5.91 Å². The molecule has 1 saturated heterocycles. The fourth-order valence-corrected chi connectivity index (χ4v) is 5.09. The van der Waals surface area contributed by atoms with Crippen LogP contribution < -0.4 is 10.6 Å². The molecule has 3 aliphatic rings. The number of rotatable bonds is 3. The van der Waals surface area contributed by atoms with Gasteiger partial charge in [0.25, 0.3) is 0 Å². The predicted octanol–water partition coefficient (Wildman–Crippen LogP) is 3.65. The third kappa shape index (κ3) is 3.22. The second-order valence-electron chi connectivity index (χ2n) is 8.46. The van der Waals surface area contributed by atoms with Gasteiger partial charge in [-0.2, -0.15) is 0 Å². The molecular formula is C21H26ClN5O. The quantitative estimate of drug-likeness (QED) is 0.826. The van der Waals surface area contributed by atoms with Crippen molar-refractivity contribution in [3.63, 3.8) is 0 Å². The first-order valence-corrected chi connectivity index (χ1v) is 10.8. The molecule has 28 heavy (non-hydrogen) atoms. The number of piperidine rings is 1. The maximum atomic E-state index is 12.8.